The summed E-state index contributed by atoms with van der Waals surface area (Å²) in [6.45, 7) is 4.96. The van der Waals surface area contributed by atoms with Crippen LogP contribution in [0.1, 0.15) is 49.9 Å². The first-order valence-corrected chi connectivity index (χ1v) is 7.52. The van der Waals surface area contributed by atoms with Crippen LogP contribution >= 0.6 is 11.6 Å². The van der Waals surface area contributed by atoms with E-state index in [1.165, 1.54) is 6.20 Å². The minimum atomic E-state index is -0.134. The van der Waals surface area contributed by atoms with E-state index in [0.717, 1.165) is 25.7 Å². The highest BCUT2D eigenvalue weighted by Crippen LogP contribution is 2.31. The van der Waals surface area contributed by atoms with E-state index in [-0.39, 0.29) is 17.6 Å². The Morgan fingerprint density at radius 2 is 2.30 bits per heavy atom. The molecule has 5 heteroatoms. The lowest BCUT2D eigenvalue weighted by molar-refractivity contribution is -0.0917. The summed E-state index contributed by atoms with van der Waals surface area (Å²) < 4.78 is 5.92. The Morgan fingerprint density at radius 1 is 1.55 bits per heavy atom. The van der Waals surface area contributed by atoms with Crippen molar-refractivity contribution in [2.75, 3.05) is 6.61 Å². The summed E-state index contributed by atoms with van der Waals surface area (Å²) in [6.07, 6.45) is 6.69. The normalized spacial score (nSPS) is 21.4. The SMILES string of the molecule is CCC1(CC)CC(NC(=O)c2ccncc2Cl)CCO1. The molecule has 2 rings (SSSR count). The lowest BCUT2D eigenvalue weighted by Crippen LogP contribution is -2.48. The lowest BCUT2D eigenvalue weighted by atomic mass is 9.86. The smallest absolute Gasteiger partial charge is 0.253 e. The molecule has 1 amide bonds. The van der Waals surface area contributed by atoms with Gasteiger partial charge in [-0.25, -0.2) is 0 Å². The molecule has 1 aliphatic rings. The van der Waals surface area contributed by atoms with Gasteiger partial charge >= 0.3 is 0 Å². The number of rotatable bonds is 4. The molecule has 2 heterocycles. The summed E-state index contributed by atoms with van der Waals surface area (Å²) in [5, 5.41) is 3.45. The molecular weight excluding hydrogens is 276 g/mol. The highest BCUT2D eigenvalue weighted by molar-refractivity contribution is 6.33. The van der Waals surface area contributed by atoms with Crippen LogP contribution in [0.4, 0.5) is 0 Å². The van der Waals surface area contributed by atoms with Crippen LogP contribution in [-0.2, 0) is 4.74 Å². The minimum absolute atomic E-state index is 0.0990. The molecule has 1 N–H and O–H groups in total. The maximum Gasteiger partial charge on any atom is 0.253 e. The first kappa shape index (κ1) is 15.3. The molecule has 0 bridgehead atoms. The molecule has 1 aromatic heterocycles. The zero-order valence-electron chi connectivity index (χ0n) is 12.0. The molecule has 1 unspecified atom stereocenters. The summed E-state index contributed by atoms with van der Waals surface area (Å²) in [6, 6.07) is 1.78. The molecule has 20 heavy (non-hydrogen) atoms. The average molecular weight is 297 g/mol. The number of halogens is 1. The van der Waals surface area contributed by atoms with Crippen LogP contribution in [0.3, 0.4) is 0 Å². The molecule has 1 fully saturated rings. The monoisotopic (exact) mass is 296 g/mol. The fourth-order valence-corrected chi connectivity index (χ4v) is 2.92. The molecule has 0 spiro atoms. The standard InChI is InChI=1S/C15H21ClN2O2/c1-3-15(4-2)9-11(6-8-20-15)18-14(19)12-5-7-17-10-13(12)16/h5,7,10-11H,3-4,6,8-9H2,1-2H3,(H,18,19). The Hall–Kier alpha value is -1.13. The molecular formula is C15H21ClN2O2. The Balaban J connectivity index is 2.03. The van der Waals surface area contributed by atoms with E-state index in [1.807, 2.05) is 0 Å². The van der Waals surface area contributed by atoms with Gasteiger partial charge in [-0.05, 0) is 31.7 Å². The van der Waals surface area contributed by atoms with Gasteiger partial charge in [0.15, 0.2) is 0 Å². The van der Waals surface area contributed by atoms with Crippen molar-refractivity contribution in [1.82, 2.24) is 10.3 Å². The van der Waals surface area contributed by atoms with Gasteiger partial charge in [0.05, 0.1) is 16.2 Å². The van der Waals surface area contributed by atoms with Crippen LogP contribution in [0.25, 0.3) is 0 Å². The third kappa shape index (κ3) is 3.30. The average Bonchev–Trinajstić information content (AvgIpc) is 2.47. The van der Waals surface area contributed by atoms with Crippen molar-refractivity contribution in [3.63, 3.8) is 0 Å². The van der Waals surface area contributed by atoms with E-state index in [0.29, 0.717) is 17.2 Å². The van der Waals surface area contributed by atoms with Crippen LogP contribution in [0.5, 0.6) is 0 Å². The first-order valence-electron chi connectivity index (χ1n) is 7.14. The molecule has 1 aliphatic heterocycles. The van der Waals surface area contributed by atoms with Crippen LogP contribution in [0, 0.1) is 0 Å². The van der Waals surface area contributed by atoms with Crippen molar-refractivity contribution >= 4 is 17.5 Å². The Bertz CT molecular complexity index is 475. The molecule has 110 valence electrons. The second-order valence-electron chi connectivity index (χ2n) is 5.26. The number of nitrogens with zero attached hydrogens (tertiary/aromatic N) is 1. The zero-order chi connectivity index (χ0) is 14.6. The van der Waals surface area contributed by atoms with Crippen molar-refractivity contribution in [1.29, 1.82) is 0 Å². The van der Waals surface area contributed by atoms with Gasteiger partial charge in [0.25, 0.3) is 5.91 Å². The molecule has 0 aromatic carbocycles. The van der Waals surface area contributed by atoms with Gasteiger partial charge in [0.1, 0.15) is 0 Å². The quantitative estimate of drug-likeness (QED) is 0.928. The molecule has 0 aliphatic carbocycles. The largest absolute Gasteiger partial charge is 0.375 e. The van der Waals surface area contributed by atoms with Crippen molar-refractivity contribution in [2.45, 2.75) is 51.2 Å². The molecule has 1 aromatic rings. The van der Waals surface area contributed by atoms with Gasteiger partial charge < -0.3 is 10.1 Å². The van der Waals surface area contributed by atoms with E-state index in [9.17, 15) is 4.79 Å². The summed E-state index contributed by atoms with van der Waals surface area (Å²) >= 11 is 6.00. The second-order valence-corrected chi connectivity index (χ2v) is 5.66. The summed E-state index contributed by atoms with van der Waals surface area (Å²) in [4.78, 5) is 16.1. The van der Waals surface area contributed by atoms with Crippen molar-refractivity contribution in [2.24, 2.45) is 0 Å². The van der Waals surface area contributed by atoms with Crippen LogP contribution in [0.2, 0.25) is 5.02 Å². The van der Waals surface area contributed by atoms with E-state index < -0.39 is 0 Å². The number of carbonyl (C=O) groups excluding carboxylic acids is 1. The van der Waals surface area contributed by atoms with E-state index >= 15 is 0 Å². The van der Waals surface area contributed by atoms with E-state index in [4.69, 9.17) is 16.3 Å². The molecule has 1 saturated heterocycles. The Labute approximate surface area is 124 Å². The topological polar surface area (TPSA) is 51.2 Å². The maximum atomic E-state index is 12.3. The first-order chi connectivity index (χ1) is 9.60. The van der Waals surface area contributed by atoms with E-state index in [1.54, 1.807) is 12.3 Å². The number of hydrogen-bond donors (Lipinski definition) is 1. The van der Waals surface area contributed by atoms with Gasteiger partial charge in [-0.3, -0.25) is 9.78 Å². The van der Waals surface area contributed by atoms with Gasteiger partial charge in [-0.2, -0.15) is 0 Å². The van der Waals surface area contributed by atoms with Gasteiger partial charge in [-0.15, -0.1) is 0 Å². The zero-order valence-corrected chi connectivity index (χ0v) is 12.7. The predicted octanol–water partition coefficient (Wildman–Crippen LogP) is 3.20. The third-order valence-corrected chi connectivity index (χ3v) is 4.44. The van der Waals surface area contributed by atoms with Gasteiger partial charge in [0, 0.05) is 25.0 Å². The predicted molar refractivity (Wildman–Crippen MR) is 79.0 cm³/mol. The molecule has 0 saturated carbocycles. The molecule has 1 atom stereocenters. The summed E-state index contributed by atoms with van der Waals surface area (Å²) in [5.41, 5.74) is 0.380. The number of aromatic nitrogens is 1. The fourth-order valence-electron chi connectivity index (χ4n) is 2.72. The number of pyridine rings is 1. The minimum Gasteiger partial charge on any atom is -0.375 e. The van der Waals surface area contributed by atoms with Crippen LogP contribution in [-0.4, -0.2) is 29.1 Å². The molecule has 4 nitrogen and oxygen atoms in total. The van der Waals surface area contributed by atoms with Crippen molar-refractivity contribution < 1.29 is 9.53 Å². The van der Waals surface area contributed by atoms with Gasteiger partial charge in [0.2, 0.25) is 0 Å². The highest BCUT2D eigenvalue weighted by Gasteiger charge is 2.35. The lowest BCUT2D eigenvalue weighted by Gasteiger charge is -2.40. The number of ether oxygens (including phenoxy) is 1. The van der Waals surface area contributed by atoms with Gasteiger partial charge in [-0.1, -0.05) is 25.4 Å². The summed E-state index contributed by atoms with van der Waals surface area (Å²) in [5.74, 6) is -0.134. The van der Waals surface area contributed by atoms with Crippen LogP contribution < -0.4 is 5.32 Å². The molecule has 0 radical (unpaired) electrons. The third-order valence-electron chi connectivity index (χ3n) is 4.13. The van der Waals surface area contributed by atoms with Crippen molar-refractivity contribution in [3.8, 4) is 0 Å². The Morgan fingerprint density at radius 3 is 2.95 bits per heavy atom. The number of nitrogens with one attached hydrogen (secondary N) is 1. The highest BCUT2D eigenvalue weighted by atomic mass is 35.5. The maximum absolute atomic E-state index is 12.3. The summed E-state index contributed by atoms with van der Waals surface area (Å²) in [7, 11) is 0. The van der Waals surface area contributed by atoms with Crippen LogP contribution in [0.15, 0.2) is 18.5 Å². The fraction of sp³-hybridized carbons (Fsp3) is 0.600. The van der Waals surface area contributed by atoms with E-state index in [2.05, 4.69) is 24.1 Å². The van der Waals surface area contributed by atoms with Crippen molar-refractivity contribution in [3.05, 3.63) is 29.0 Å². The number of carbonyl (C=O) groups is 1. The Kier molecular flexibility index (Phi) is 5.00. The number of amides is 1. The second kappa shape index (κ2) is 6.55. The number of hydrogen-bond acceptors (Lipinski definition) is 3.